The molecule has 1 nitrogen and oxygen atoms in total. The first kappa shape index (κ1) is 11.8. The van der Waals surface area contributed by atoms with Crippen LogP contribution < -0.4 is 0 Å². The first-order valence-corrected chi connectivity index (χ1v) is 5.28. The second kappa shape index (κ2) is 15.7. The molecule has 0 unspecified atom stereocenters. The van der Waals surface area contributed by atoms with Crippen molar-refractivity contribution < 1.29 is 4.74 Å². The molecule has 0 spiro atoms. The highest BCUT2D eigenvalue weighted by Gasteiger charge is 1.64. The van der Waals surface area contributed by atoms with Gasteiger partial charge in [-0.25, -0.2) is 0 Å². The molecule has 0 aromatic rings. The Balaban J connectivity index is 0. The monoisotopic (exact) mass is 172 g/mol. The summed E-state index contributed by atoms with van der Waals surface area (Å²) in [6, 6.07) is 0. The standard InChI is InChI=1S/C4H10O.H2S3/c1-3-5-4-2;1-3-2/h3-4H2,1-2H3;1-2H. The van der Waals surface area contributed by atoms with Gasteiger partial charge in [0.1, 0.15) is 0 Å². The van der Waals surface area contributed by atoms with E-state index in [9.17, 15) is 0 Å². The van der Waals surface area contributed by atoms with Gasteiger partial charge < -0.3 is 4.74 Å². The van der Waals surface area contributed by atoms with Gasteiger partial charge in [-0.15, -0.1) is 0 Å². The average molecular weight is 172 g/mol. The maximum Gasteiger partial charge on any atom is 0.0437 e. The van der Waals surface area contributed by atoms with E-state index in [1.807, 2.05) is 13.8 Å². The Morgan fingerprint density at radius 1 is 1.25 bits per heavy atom. The van der Waals surface area contributed by atoms with E-state index in [0.717, 1.165) is 23.0 Å². The number of hydrogen-bond donors (Lipinski definition) is 2. The lowest BCUT2D eigenvalue weighted by molar-refractivity contribution is 0.162. The first-order valence-electron chi connectivity index (χ1n) is 2.36. The second-order valence-electron chi connectivity index (χ2n) is 0.863. The molecule has 0 bridgehead atoms. The van der Waals surface area contributed by atoms with Gasteiger partial charge in [0.2, 0.25) is 0 Å². The molecular formula is C4H12OS3. The minimum absolute atomic E-state index is 0.844. The number of ether oxygens (including phenoxy) is 1. The maximum absolute atomic E-state index is 4.83. The third-order valence-corrected chi connectivity index (χ3v) is 0.408. The first-order chi connectivity index (χ1) is 3.83. The molecule has 0 heterocycles. The number of rotatable bonds is 2. The lowest BCUT2D eigenvalue weighted by Gasteiger charge is -1.86. The predicted octanol–water partition coefficient (Wildman–Crippen LogP) is 2.45. The van der Waals surface area contributed by atoms with Gasteiger partial charge in [0.15, 0.2) is 0 Å². The average Bonchev–Trinajstić information content (AvgIpc) is 1.71. The van der Waals surface area contributed by atoms with Gasteiger partial charge in [0.05, 0.1) is 0 Å². The van der Waals surface area contributed by atoms with E-state index in [1.54, 1.807) is 0 Å². The molecule has 4 heteroatoms. The summed E-state index contributed by atoms with van der Waals surface area (Å²) in [6.07, 6.45) is 0. The summed E-state index contributed by atoms with van der Waals surface area (Å²) in [6.45, 7) is 5.67. The zero-order chi connectivity index (χ0) is 6.83. The van der Waals surface area contributed by atoms with E-state index < -0.39 is 0 Å². The molecule has 0 atom stereocenters. The second-order valence-corrected chi connectivity index (χ2v) is 2.99. The van der Waals surface area contributed by atoms with Crippen LogP contribution in [-0.4, -0.2) is 13.2 Å². The van der Waals surface area contributed by atoms with Crippen LogP contribution in [-0.2, 0) is 4.74 Å². The molecule has 0 rings (SSSR count). The van der Waals surface area contributed by atoms with Gasteiger partial charge in [-0.1, -0.05) is 23.3 Å². The van der Waals surface area contributed by atoms with Crippen LogP contribution in [0.2, 0.25) is 0 Å². The van der Waals surface area contributed by atoms with Crippen molar-refractivity contribution in [3.63, 3.8) is 0 Å². The molecule has 0 aliphatic heterocycles. The van der Waals surface area contributed by atoms with E-state index >= 15 is 0 Å². The Bertz CT molecular complexity index is 25.2. The molecule has 0 aromatic heterocycles. The zero-order valence-corrected chi connectivity index (χ0v) is 7.73. The summed E-state index contributed by atoms with van der Waals surface area (Å²) in [4.78, 5) is 0. The zero-order valence-electron chi connectivity index (χ0n) is 5.13. The van der Waals surface area contributed by atoms with Crippen molar-refractivity contribution in [2.24, 2.45) is 0 Å². The van der Waals surface area contributed by atoms with Crippen LogP contribution in [0.1, 0.15) is 13.8 Å². The molecular weight excluding hydrogens is 160 g/mol. The third-order valence-electron chi connectivity index (χ3n) is 0.408. The van der Waals surface area contributed by atoms with Gasteiger partial charge in [0.25, 0.3) is 0 Å². The van der Waals surface area contributed by atoms with Crippen molar-refractivity contribution in [3.8, 4) is 0 Å². The van der Waals surface area contributed by atoms with Gasteiger partial charge in [-0.05, 0) is 23.7 Å². The van der Waals surface area contributed by atoms with Crippen molar-refractivity contribution in [1.29, 1.82) is 0 Å². The molecule has 0 aliphatic carbocycles. The van der Waals surface area contributed by atoms with Crippen molar-refractivity contribution in [1.82, 2.24) is 0 Å². The molecule has 0 aliphatic rings. The Hall–Kier alpha value is 1.01. The van der Waals surface area contributed by atoms with Crippen LogP contribution >= 0.6 is 33.1 Å². The molecule has 0 aromatic carbocycles. The minimum Gasteiger partial charge on any atom is -0.382 e. The van der Waals surface area contributed by atoms with E-state index in [2.05, 4.69) is 23.3 Å². The van der Waals surface area contributed by atoms with Crippen LogP contribution in [0.4, 0.5) is 0 Å². The van der Waals surface area contributed by atoms with Crippen molar-refractivity contribution in [3.05, 3.63) is 0 Å². The summed E-state index contributed by atoms with van der Waals surface area (Å²) < 4.78 is 4.83. The van der Waals surface area contributed by atoms with Crippen LogP contribution in [0, 0.1) is 0 Å². The van der Waals surface area contributed by atoms with Crippen molar-refractivity contribution in [2.45, 2.75) is 13.8 Å². The molecule has 0 radical (unpaired) electrons. The quantitative estimate of drug-likeness (QED) is 0.489. The van der Waals surface area contributed by atoms with Gasteiger partial charge in [0, 0.05) is 13.2 Å². The van der Waals surface area contributed by atoms with Crippen molar-refractivity contribution in [2.75, 3.05) is 13.2 Å². The Morgan fingerprint density at radius 2 is 1.50 bits per heavy atom. The van der Waals surface area contributed by atoms with E-state index in [0.29, 0.717) is 0 Å². The SMILES string of the molecule is CCOCC.SSS. The van der Waals surface area contributed by atoms with E-state index in [1.165, 1.54) is 0 Å². The minimum atomic E-state index is 0.844. The van der Waals surface area contributed by atoms with Crippen LogP contribution in [0.5, 0.6) is 0 Å². The van der Waals surface area contributed by atoms with Crippen molar-refractivity contribution >= 4 is 33.1 Å². The lowest BCUT2D eigenvalue weighted by Crippen LogP contribution is -1.84. The van der Waals surface area contributed by atoms with Crippen LogP contribution in [0.15, 0.2) is 0 Å². The fourth-order valence-corrected chi connectivity index (χ4v) is 0.204. The van der Waals surface area contributed by atoms with Gasteiger partial charge in [-0.2, -0.15) is 0 Å². The molecule has 0 saturated carbocycles. The lowest BCUT2D eigenvalue weighted by atomic mass is 10.8. The topological polar surface area (TPSA) is 9.23 Å². The molecule has 0 saturated heterocycles. The molecule has 52 valence electrons. The number of thiol groups is 2. The molecule has 0 amide bonds. The maximum atomic E-state index is 4.83. The third kappa shape index (κ3) is 27.9. The highest BCUT2D eigenvalue weighted by Crippen LogP contribution is 2.06. The highest BCUT2D eigenvalue weighted by atomic mass is 33.5. The van der Waals surface area contributed by atoms with Gasteiger partial charge in [-0.3, -0.25) is 0 Å². The van der Waals surface area contributed by atoms with E-state index in [4.69, 9.17) is 4.74 Å². The molecule has 0 N–H and O–H groups in total. The smallest absolute Gasteiger partial charge is 0.0437 e. The summed E-state index contributed by atoms with van der Waals surface area (Å²) >= 11 is 7.14. The number of hydrogen-bond acceptors (Lipinski definition) is 4. The summed E-state index contributed by atoms with van der Waals surface area (Å²) in [5.74, 6) is 0. The predicted molar refractivity (Wildman–Crippen MR) is 47.7 cm³/mol. The molecule has 0 fully saturated rings. The Labute approximate surface area is 65.2 Å². The van der Waals surface area contributed by atoms with E-state index in [-0.39, 0.29) is 0 Å². The summed E-state index contributed by atoms with van der Waals surface area (Å²) in [5.41, 5.74) is 0. The Morgan fingerprint density at radius 3 is 1.50 bits per heavy atom. The van der Waals surface area contributed by atoms with Crippen LogP contribution in [0.3, 0.4) is 0 Å². The fourth-order valence-electron chi connectivity index (χ4n) is 0.204. The Kier molecular flexibility index (Phi) is 23.1. The normalized spacial score (nSPS) is 7.50. The highest BCUT2D eigenvalue weighted by molar-refractivity contribution is 9.01. The van der Waals surface area contributed by atoms with Gasteiger partial charge >= 0.3 is 0 Å². The molecule has 8 heavy (non-hydrogen) atoms. The fraction of sp³-hybridized carbons (Fsp3) is 1.00. The summed E-state index contributed by atoms with van der Waals surface area (Å²) in [5, 5.41) is 0. The van der Waals surface area contributed by atoms with Crippen LogP contribution in [0.25, 0.3) is 0 Å². The summed E-state index contributed by atoms with van der Waals surface area (Å²) in [7, 11) is 1.14. The largest absolute Gasteiger partial charge is 0.382 e.